The molecule has 0 aromatic carbocycles. The number of rotatable bonds is 3. The molecular formula is C12H23NO. The molecule has 1 amide bonds. The van der Waals surface area contributed by atoms with Crippen molar-refractivity contribution in [3.8, 4) is 0 Å². The van der Waals surface area contributed by atoms with Gasteiger partial charge in [0, 0.05) is 12.0 Å². The summed E-state index contributed by atoms with van der Waals surface area (Å²) in [5.74, 6) is 1.71. The highest BCUT2D eigenvalue weighted by atomic mass is 16.1. The van der Waals surface area contributed by atoms with Gasteiger partial charge in [-0.3, -0.25) is 4.79 Å². The average Bonchev–Trinajstić information content (AvgIpc) is 2.52. The number of hydrogen-bond donors (Lipinski definition) is 1. The third-order valence-electron chi connectivity index (χ3n) is 3.28. The van der Waals surface area contributed by atoms with Gasteiger partial charge in [0.2, 0.25) is 5.91 Å². The van der Waals surface area contributed by atoms with E-state index in [2.05, 4.69) is 19.2 Å². The first-order valence-corrected chi connectivity index (χ1v) is 5.82. The molecule has 0 bridgehead atoms. The molecule has 0 saturated heterocycles. The van der Waals surface area contributed by atoms with Crippen LogP contribution in [-0.4, -0.2) is 11.9 Å². The van der Waals surface area contributed by atoms with Gasteiger partial charge in [-0.25, -0.2) is 0 Å². The van der Waals surface area contributed by atoms with Gasteiger partial charge in [0.05, 0.1) is 0 Å². The van der Waals surface area contributed by atoms with Crippen LogP contribution in [0.2, 0.25) is 0 Å². The van der Waals surface area contributed by atoms with Gasteiger partial charge in [-0.05, 0) is 24.7 Å². The molecule has 2 nitrogen and oxygen atoms in total. The molecule has 1 aliphatic rings. The summed E-state index contributed by atoms with van der Waals surface area (Å²) in [5, 5.41) is 3.17. The first kappa shape index (κ1) is 11.5. The summed E-state index contributed by atoms with van der Waals surface area (Å²) < 4.78 is 0. The van der Waals surface area contributed by atoms with Gasteiger partial charge in [0.1, 0.15) is 0 Å². The van der Waals surface area contributed by atoms with Crippen LogP contribution in [-0.2, 0) is 4.79 Å². The third kappa shape index (κ3) is 2.73. The molecule has 0 aliphatic heterocycles. The average molecular weight is 197 g/mol. The van der Waals surface area contributed by atoms with Gasteiger partial charge in [0.25, 0.3) is 0 Å². The molecule has 0 radical (unpaired) electrons. The molecule has 0 aromatic heterocycles. The molecule has 0 aromatic rings. The molecule has 1 N–H and O–H groups in total. The highest BCUT2D eigenvalue weighted by Crippen LogP contribution is 2.31. The van der Waals surface area contributed by atoms with Crippen molar-refractivity contribution in [1.82, 2.24) is 5.32 Å². The fourth-order valence-electron chi connectivity index (χ4n) is 2.32. The standard InChI is InChI=1S/C12H23NO/c1-8(2)10-6-5-7-11(10)13-12(14)9(3)4/h8-11H,5-7H2,1-4H3,(H,13,14)/t10-,11-/m1/s1. The number of carbonyl (C=O) groups excluding carboxylic acids is 1. The van der Waals surface area contributed by atoms with E-state index in [0.717, 1.165) is 0 Å². The first-order valence-electron chi connectivity index (χ1n) is 5.82. The zero-order valence-corrected chi connectivity index (χ0v) is 9.84. The van der Waals surface area contributed by atoms with Crippen LogP contribution in [0, 0.1) is 17.8 Å². The normalized spacial score (nSPS) is 27.3. The summed E-state index contributed by atoms with van der Waals surface area (Å²) in [4.78, 5) is 11.6. The van der Waals surface area contributed by atoms with Crippen molar-refractivity contribution in [2.45, 2.75) is 53.0 Å². The topological polar surface area (TPSA) is 29.1 Å². The molecule has 2 atom stereocenters. The predicted octanol–water partition coefficient (Wildman–Crippen LogP) is 2.58. The summed E-state index contributed by atoms with van der Waals surface area (Å²) in [6.07, 6.45) is 3.72. The monoisotopic (exact) mass is 197 g/mol. The van der Waals surface area contributed by atoms with E-state index in [-0.39, 0.29) is 11.8 Å². The maximum atomic E-state index is 11.6. The molecule has 0 heterocycles. The Bertz CT molecular complexity index is 198. The van der Waals surface area contributed by atoms with Gasteiger partial charge in [0.15, 0.2) is 0 Å². The minimum atomic E-state index is 0.114. The van der Waals surface area contributed by atoms with Crippen LogP contribution in [0.25, 0.3) is 0 Å². The quantitative estimate of drug-likeness (QED) is 0.740. The molecule has 0 spiro atoms. The van der Waals surface area contributed by atoms with Crippen molar-refractivity contribution in [1.29, 1.82) is 0 Å². The van der Waals surface area contributed by atoms with E-state index in [0.29, 0.717) is 17.9 Å². The second-order valence-electron chi connectivity index (χ2n) is 5.11. The van der Waals surface area contributed by atoms with Gasteiger partial charge < -0.3 is 5.32 Å². The Labute approximate surface area is 87.5 Å². The van der Waals surface area contributed by atoms with Crippen LogP contribution >= 0.6 is 0 Å². The van der Waals surface area contributed by atoms with Crippen molar-refractivity contribution in [3.05, 3.63) is 0 Å². The SMILES string of the molecule is CC(C)C(=O)N[C@@H]1CCC[C@@H]1C(C)C. The Balaban J connectivity index is 2.47. The minimum absolute atomic E-state index is 0.114. The molecule has 1 saturated carbocycles. The third-order valence-corrected chi connectivity index (χ3v) is 3.28. The summed E-state index contributed by atoms with van der Waals surface area (Å²) in [6, 6.07) is 0.435. The van der Waals surface area contributed by atoms with Crippen LogP contribution < -0.4 is 5.32 Å². The van der Waals surface area contributed by atoms with Crippen LogP contribution in [0.15, 0.2) is 0 Å². The molecule has 2 heteroatoms. The molecule has 82 valence electrons. The zero-order chi connectivity index (χ0) is 10.7. The lowest BCUT2D eigenvalue weighted by Crippen LogP contribution is -2.40. The van der Waals surface area contributed by atoms with Crippen LogP contribution in [0.4, 0.5) is 0 Å². The highest BCUT2D eigenvalue weighted by Gasteiger charge is 2.30. The lowest BCUT2D eigenvalue weighted by atomic mass is 9.91. The predicted molar refractivity (Wildman–Crippen MR) is 58.9 cm³/mol. The first-order chi connectivity index (χ1) is 6.52. The van der Waals surface area contributed by atoms with Gasteiger partial charge in [-0.2, -0.15) is 0 Å². The largest absolute Gasteiger partial charge is 0.353 e. The van der Waals surface area contributed by atoms with Crippen molar-refractivity contribution >= 4 is 5.91 Å². The van der Waals surface area contributed by atoms with Gasteiger partial charge in [-0.1, -0.05) is 34.1 Å². The van der Waals surface area contributed by atoms with E-state index in [1.54, 1.807) is 0 Å². The van der Waals surface area contributed by atoms with Crippen LogP contribution in [0.5, 0.6) is 0 Å². The Kier molecular flexibility index (Phi) is 3.97. The van der Waals surface area contributed by atoms with Gasteiger partial charge >= 0.3 is 0 Å². The lowest BCUT2D eigenvalue weighted by Gasteiger charge is -2.24. The van der Waals surface area contributed by atoms with E-state index in [1.165, 1.54) is 19.3 Å². The summed E-state index contributed by atoms with van der Waals surface area (Å²) >= 11 is 0. The Morgan fingerprint density at radius 3 is 2.36 bits per heavy atom. The van der Waals surface area contributed by atoms with E-state index in [4.69, 9.17) is 0 Å². The van der Waals surface area contributed by atoms with E-state index in [9.17, 15) is 4.79 Å². The second-order valence-corrected chi connectivity index (χ2v) is 5.11. The number of nitrogens with one attached hydrogen (secondary N) is 1. The Hall–Kier alpha value is -0.530. The van der Waals surface area contributed by atoms with E-state index in [1.807, 2.05) is 13.8 Å². The zero-order valence-electron chi connectivity index (χ0n) is 9.84. The van der Waals surface area contributed by atoms with E-state index < -0.39 is 0 Å². The smallest absolute Gasteiger partial charge is 0.222 e. The lowest BCUT2D eigenvalue weighted by molar-refractivity contribution is -0.125. The van der Waals surface area contributed by atoms with Crippen molar-refractivity contribution < 1.29 is 4.79 Å². The van der Waals surface area contributed by atoms with Crippen molar-refractivity contribution in [3.63, 3.8) is 0 Å². The molecule has 1 aliphatic carbocycles. The number of amides is 1. The Morgan fingerprint density at radius 2 is 1.86 bits per heavy atom. The fraction of sp³-hybridized carbons (Fsp3) is 0.917. The minimum Gasteiger partial charge on any atom is -0.353 e. The fourth-order valence-corrected chi connectivity index (χ4v) is 2.32. The number of hydrogen-bond acceptors (Lipinski definition) is 1. The van der Waals surface area contributed by atoms with Crippen LogP contribution in [0.1, 0.15) is 47.0 Å². The molecule has 1 fully saturated rings. The summed E-state index contributed by atoms with van der Waals surface area (Å²) in [5.41, 5.74) is 0. The summed E-state index contributed by atoms with van der Waals surface area (Å²) in [7, 11) is 0. The molecule has 0 unspecified atom stereocenters. The maximum absolute atomic E-state index is 11.6. The van der Waals surface area contributed by atoms with Crippen molar-refractivity contribution in [2.75, 3.05) is 0 Å². The second kappa shape index (κ2) is 4.81. The summed E-state index contributed by atoms with van der Waals surface area (Å²) in [6.45, 7) is 8.42. The highest BCUT2D eigenvalue weighted by molar-refractivity contribution is 5.78. The molecule has 1 rings (SSSR count). The van der Waals surface area contributed by atoms with Gasteiger partial charge in [-0.15, -0.1) is 0 Å². The molecule has 14 heavy (non-hydrogen) atoms. The Morgan fingerprint density at radius 1 is 1.21 bits per heavy atom. The van der Waals surface area contributed by atoms with E-state index >= 15 is 0 Å². The van der Waals surface area contributed by atoms with Crippen molar-refractivity contribution in [2.24, 2.45) is 17.8 Å². The maximum Gasteiger partial charge on any atom is 0.222 e. The van der Waals surface area contributed by atoms with Crippen LogP contribution in [0.3, 0.4) is 0 Å². The number of carbonyl (C=O) groups is 1. The molecular weight excluding hydrogens is 174 g/mol.